The molecule has 0 unspecified atom stereocenters. The van der Waals surface area contributed by atoms with Crippen LogP contribution < -0.4 is 10.6 Å². The normalized spacial score (nSPS) is 14.9. The van der Waals surface area contributed by atoms with Gasteiger partial charge in [-0.15, -0.1) is 0 Å². The first-order chi connectivity index (χ1) is 11.7. The molecule has 2 heterocycles. The summed E-state index contributed by atoms with van der Waals surface area (Å²) in [5.74, 6) is 0.0456. The summed E-state index contributed by atoms with van der Waals surface area (Å²) in [6, 6.07) is 13.2. The van der Waals surface area contributed by atoms with Crippen LogP contribution in [0.5, 0.6) is 0 Å². The molecule has 0 radical (unpaired) electrons. The number of amides is 1. The quantitative estimate of drug-likeness (QED) is 0.800. The fraction of sp³-hybridized carbons (Fsp3) is 0.263. The molecule has 5 nitrogen and oxygen atoms in total. The van der Waals surface area contributed by atoms with Gasteiger partial charge in [0.2, 0.25) is 11.8 Å². The van der Waals surface area contributed by atoms with E-state index in [0.29, 0.717) is 11.5 Å². The largest absolute Gasteiger partial charge is 0.436 e. The van der Waals surface area contributed by atoms with Gasteiger partial charge in [-0.05, 0) is 49.6 Å². The summed E-state index contributed by atoms with van der Waals surface area (Å²) in [6.07, 6.45) is 3.78. The van der Waals surface area contributed by atoms with Gasteiger partial charge in [-0.3, -0.25) is 4.79 Å². The zero-order valence-corrected chi connectivity index (χ0v) is 13.4. The molecule has 24 heavy (non-hydrogen) atoms. The van der Waals surface area contributed by atoms with Crippen molar-refractivity contribution < 1.29 is 9.21 Å². The van der Waals surface area contributed by atoms with Crippen LogP contribution >= 0.6 is 0 Å². The Morgan fingerprint density at radius 2 is 1.92 bits per heavy atom. The minimum atomic E-state index is -0.458. The van der Waals surface area contributed by atoms with Gasteiger partial charge < -0.3 is 15.1 Å². The third-order valence-corrected chi connectivity index (χ3v) is 4.49. The highest BCUT2D eigenvalue weighted by molar-refractivity contribution is 5.94. The van der Waals surface area contributed by atoms with E-state index in [4.69, 9.17) is 10.2 Å². The minimum Gasteiger partial charge on any atom is -0.436 e. The molecule has 1 aromatic heterocycles. The number of carbonyl (C=O) groups is 1. The number of nitrogens with two attached hydrogens (primary N) is 1. The zero-order chi connectivity index (χ0) is 16.5. The summed E-state index contributed by atoms with van der Waals surface area (Å²) < 4.78 is 5.93. The lowest BCUT2D eigenvalue weighted by Gasteiger charge is -2.28. The second-order valence-corrected chi connectivity index (χ2v) is 6.16. The number of hydrogen-bond donors (Lipinski definition) is 1. The average molecular weight is 321 g/mol. The molecule has 2 N–H and O–H groups in total. The van der Waals surface area contributed by atoms with Gasteiger partial charge in [0, 0.05) is 36.0 Å². The van der Waals surface area contributed by atoms with E-state index in [1.807, 2.05) is 12.1 Å². The van der Waals surface area contributed by atoms with Gasteiger partial charge in [0.25, 0.3) is 0 Å². The molecule has 3 aromatic rings. The highest BCUT2D eigenvalue weighted by atomic mass is 16.3. The molecule has 122 valence electrons. The Kier molecular flexibility index (Phi) is 3.69. The summed E-state index contributed by atoms with van der Waals surface area (Å²) >= 11 is 0. The van der Waals surface area contributed by atoms with Crippen molar-refractivity contribution in [1.82, 2.24) is 4.98 Å². The number of oxazole rings is 1. The second-order valence-electron chi connectivity index (χ2n) is 6.16. The molecule has 1 amide bonds. The molecular formula is C19H19N3O2. The maximum atomic E-state index is 11.3. The number of primary amides is 1. The van der Waals surface area contributed by atoms with Gasteiger partial charge in [-0.2, -0.15) is 0 Å². The molecule has 1 saturated heterocycles. The summed E-state index contributed by atoms with van der Waals surface area (Å²) in [5.41, 5.74) is 9.30. The first-order valence-electron chi connectivity index (χ1n) is 8.26. The molecule has 1 aliphatic heterocycles. The molecule has 1 fully saturated rings. The molecule has 0 spiro atoms. The lowest BCUT2D eigenvalue weighted by Crippen LogP contribution is -2.29. The van der Waals surface area contributed by atoms with Crippen molar-refractivity contribution in [1.29, 1.82) is 0 Å². The third kappa shape index (κ3) is 2.73. The second kappa shape index (κ2) is 6.00. The van der Waals surface area contributed by atoms with Crippen molar-refractivity contribution in [2.24, 2.45) is 5.73 Å². The maximum absolute atomic E-state index is 11.3. The van der Waals surface area contributed by atoms with Crippen molar-refractivity contribution in [3.05, 3.63) is 48.0 Å². The number of aromatic nitrogens is 1. The van der Waals surface area contributed by atoms with Gasteiger partial charge in [0.15, 0.2) is 5.58 Å². The molecule has 5 heteroatoms. The van der Waals surface area contributed by atoms with E-state index in [-0.39, 0.29) is 0 Å². The molecule has 0 aliphatic carbocycles. The van der Waals surface area contributed by atoms with E-state index in [0.717, 1.165) is 29.8 Å². The number of benzene rings is 2. The Morgan fingerprint density at radius 3 is 2.71 bits per heavy atom. The molecule has 4 rings (SSSR count). The third-order valence-electron chi connectivity index (χ3n) is 4.49. The Balaban J connectivity index is 1.70. The molecule has 2 aromatic carbocycles. The van der Waals surface area contributed by atoms with Crippen LogP contribution in [-0.2, 0) is 0 Å². The highest BCUT2D eigenvalue weighted by Gasteiger charge is 2.14. The summed E-state index contributed by atoms with van der Waals surface area (Å²) in [5, 5.41) is 0. The summed E-state index contributed by atoms with van der Waals surface area (Å²) in [6.45, 7) is 2.18. The molecule has 1 aliphatic rings. The number of piperidine rings is 1. The van der Waals surface area contributed by atoms with Crippen molar-refractivity contribution in [3.8, 4) is 11.5 Å². The Labute approximate surface area is 140 Å². The van der Waals surface area contributed by atoms with E-state index in [1.165, 1.54) is 24.9 Å². The number of carbonyl (C=O) groups excluding carboxylic acids is 1. The number of nitrogens with zero attached hydrogens (tertiary/aromatic N) is 2. The molecular weight excluding hydrogens is 302 g/mol. The van der Waals surface area contributed by atoms with E-state index in [1.54, 1.807) is 18.2 Å². The topological polar surface area (TPSA) is 72.4 Å². The zero-order valence-electron chi connectivity index (χ0n) is 13.4. The standard InChI is InChI=1S/C19H19N3O2/c20-18(23)13-5-4-6-14(11-13)19-21-16-8-7-15(12-17(16)24-19)22-9-2-1-3-10-22/h4-8,11-12H,1-3,9-10H2,(H2,20,23). The fourth-order valence-electron chi connectivity index (χ4n) is 3.19. The molecule has 0 bridgehead atoms. The van der Waals surface area contributed by atoms with Gasteiger partial charge in [-0.1, -0.05) is 6.07 Å². The van der Waals surface area contributed by atoms with Crippen LogP contribution in [0.4, 0.5) is 5.69 Å². The van der Waals surface area contributed by atoms with E-state index >= 15 is 0 Å². The van der Waals surface area contributed by atoms with Crippen molar-refractivity contribution in [2.75, 3.05) is 18.0 Å². The summed E-state index contributed by atoms with van der Waals surface area (Å²) in [4.78, 5) is 18.3. The SMILES string of the molecule is NC(=O)c1cccc(-c2nc3ccc(N4CCCCC4)cc3o2)c1. The Hall–Kier alpha value is -2.82. The van der Waals surface area contributed by atoms with Crippen LogP contribution in [0.15, 0.2) is 46.9 Å². The Morgan fingerprint density at radius 1 is 1.08 bits per heavy atom. The van der Waals surface area contributed by atoms with E-state index in [2.05, 4.69) is 22.0 Å². The van der Waals surface area contributed by atoms with Gasteiger partial charge in [0.1, 0.15) is 5.52 Å². The number of rotatable bonds is 3. The average Bonchev–Trinajstić information content (AvgIpc) is 3.06. The maximum Gasteiger partial charge on any atom is 0.248 e. The number of anilines is 1. The highest BCUT2D eigenvalue weighted by Crippen LogP contribution is 2.29. The first kappa shape index (κ1) is 14.8. The lowest BCUT2D eigenvalue weighted by molar-refractivity contribution is 0.100. The fourth-order valence-corrected chi connectivity index (χ4v) is 3.19. The first-order valence-corrected chi connectivity index (χ1v) is 8.26. The van der Waals surface area contributed by atoms with Crippen LogP contribution in [0, 0.1) is 0 Å². The number of fused-ring (bicyclic) bond motifs is 1. The van der Waals surface area contributed by atoms with E-state index in [9.17, 15) is 4.79 Å². The van der Waals surface area contributed by atoms with Crippen LogP contribution in [0.3, 0.4) is 0 Å². The predicted octanol–water partition coefficient (Wildman–Crippen LogP) is 3.58. The van der Waals surface area contributed by atoms with Crippen molar-refractivity contribution >= 4 is 22.7 Å². The Bertz CT molecular complexity index is 895. The van der Waals surface area contributed by atoms with Crippen LogP contribution in [-0.4, -0.2) is 24.0 Å². The molecule has 0 atom stereocenters. The summed E-state index contributed by atoms with van der Waals surface area (Å²) in [7, 11) is 0. The van der Waals surface area contributed by atoms with Crippen molar-refractivity contribution in [3.63, 3.8) is 0 Å². The molecule has 0 saturated carbocycles. The van der Waals surface area contributed by atoms with Gasteiger partial charge in [0.05, 0.1) is 0 Å². The monoisotopic (exact) mass is 321 g/mol. The van der Waals surface area contributed by atoms with E-state index < -0.39 is 5.91 Å². The lowest BCUT2D eigenvalue weighted by atomic mass is 10.1. The van der Waals surface area contributed by atoms with Crippen LogP contribution in [0.1, 0.15) is 29.6 Å². The minimum absolute atomic E-state index is 0.448. The number of hydrogen-bond acceptors (Lipinski definition) is 4. The van der Waals surface area contributed by atoms with Crippen LogP contribution in [0.2, 0.25) is 0 Å². The van der Waals surface area contributed by atoms with Gasteiger partial charge >= 0.3 is 0 Å². The van der Waals surface area contributed by atoms with Crippen molar-refractivity contribution in [2.45, 2.75) is 19.3 Å². The van der Waals surface area contributed by atoms with Gasteiger partial charge in [-0.25, -0.2) is 4.98 Å². The predicted molar refractivity (Wildman–Crippen MR) is 94.0 cm³/mol. The smallest absolute Gasteiger partial charge is 0.248 e. The van der Waals surface area contributed by atoms with Crippen LogP contribution in [0.25, 0.3) is 22.6 Å².